The predicted molar refractivity (Wildman–Crippen MR) is 191 cm³/mol. The van der Waals surface area contributed by atoms with Gasteiger partial charge in [0.25, 0.3) is 5.56 Å². The molecule has 8 N–H and O–H groups in total. The average molecular weight is 853 g/mol. The van der Waals surface area contributed by atoms with Crippen LogP contribution in [-0.2, 0) is 46.2 Å². The number of carboxylic acid groups (broad SMARTS) is 4. The van der Waals surface area contributed by atoms with E-state index in [2.05, 4.69) is 36.9 Å². The topological polar surface area (TPSA) is 279 Å². The molecule has 55 heavy (non-hydrogen) atoms. The number of H-pyrrole nitrogens is 1. The summed E-state index contributed by atoms with van der Waals surface area (Å²) in [5, 5.41) is 43.9. The Morgan fingerprint density at radius 2 is 1.16 bits per heavy atom. The number of anilines is 1. The third-order valence-corrected chi connectivity index (χ3v) is 8.16. The van der Waals surface area contributed by atoms with E-state index < -0.39 is 103 Å². The summed E-state index contributed by atoms with van der Waals surface area (Å²) in [6, 6.07) is 3.16. The maximum Gasteiger partial charge on any atom is 0.417 e. The van der Waals surface area contributed by atoms with Gasteiger partial charge in [-0.1, -0.05) is 22.0 Å². The molecule has 0 saturated heterocycles. The molecule has 23 heteroatoms. The van der Waals surface area contributed by atoms with Gasteiger partial charge in [0.2, 0.25) is 17.7 Å². The van der Waals surface area contributed by atoms with Crippen LogP contribution in [0.2, 0.25) is 0 Å². The summed E-state index contributed by atoms with van der Waals surface area (Å²) >= 11 is 3.00. The number of hydrogen-bond donors (Lipinski definition) is 8. The minimum Gasteiger partial charge on any atom is -0.480 e. The van der Waals surface area contributed by atoms with Gasteiger partial charge in [-0.3, -0.25) is 53.1 Å². The highest BCUT2D eigenvalue weighted by Crippen LogP contribution is 2.36. The Hall–Kier alpha value is -5.13. The smallest absolute Gasteiger partial charge is 0.417 e. The highest BCUT2D eigenvalue weighted by molar-refractivity contribution is 9.09. The normalized spacial score (nSPS) is 11.5. The molecule has 0 saturated carbocycles. The maximum atomic E-state index is 14.3. The largest absolute Gasteiger partial charge is 0.480 e. The second-order valence-corrected chi connectivity index (χ2v) is 12.7. The van der Waals surface area contributed by atoms with Crippen LogP contribution in [0, 0.1) is 0 Å². The number of carbonyl (C=O) groups excluding carboxylic acids is 3. The van der Waals surface area contributed by atoms with Gasteiger partial charge in [0, 0.05) is 55.9 Å². The van der Waals surface area contributed by atoms with Crippen LogP contribution in [0.1, 0.15) is 24.0 Å². The van der Waals surface area contributed by atoms with Crippen LogP contribution in [0.3, 0.4) is 0 Å². The first-order valence-corrected chi connectivity index (χ1v) is 17.6. The lowest BCUT2D eigenvalue weighted by atomic mass is 9.99. The Labute approximate surface area is 318 Å². The van der Waals surface area contributed by atoms with Crippen molar-refractivity contribution in [3.05, 3.63) is 39.7 Å². The molecule has 0 bridgehead atoms. The molecule has 0 aliphatic heterocycles. The molecular weight excluding hydrogens is 811 g/mol. The van der Waals surface area contributed by atoms with Crippen LogP contribution in [-0.4, -0.2) is 159 Å². The number of unbranched alkanes of at least 4 members (excludes halogenated alkanes) is 1. The molecule has 0 spiro atoms. The molecular formula is C32H41BrF3N7O12. The lowest BCUT2D eigenvalue weighted by Gasteiger charge is -2.27. The van der Waals surface area contributed by atoms with Crippen LogP contribution in [0.25, 0.3) is 10.9 Å². The molecule has 1 aromatic heterocycles. The van der Waals surface area contributed by atoms with Crippen molar-refractivity contribution in [2.45, 2.75) is 25.4 Å². The van der Waals surface area contributed by atoms with Crippen molar-refractivity contribution in [3.8, 4) is 0 Å². The molecule has 0 fully saturated rings. The zero-order valence-corrected chi connectivity index (χ0v) is 30.8. The summed E-state index contributed by atoms with van der Waals surface area (Å²) in [5.41, 5.74) is -3.75. The SMILES string of the molecule is O=C(O)CN(CCN(CC(=O)O)CC(=O)O)CCN(CC(=O)O)CC(=O)Nc1ccc2c(C(F)(F)F)c(CC(=O)NCCCCNC(=O)CBr)c(=O)[nH]c2c1. The first-order chi connectivity index (χ1) is 25.8. The van der Waals surface area contributed by atoms with E-state index in [1.807, 2.05) is 0 Å². The van der Waals surface area contributed by atoms with Crippen molar-refractivity contribution >= 4 is 74.1 Å². The Morgan fingerprint density at radius 3 is 1.65 bits per heavy atom. The highest BCUT2D eigenvalue weighted by Gasteiger charge is 2.37. The molecule has 1 aromatic carbocycles. The van der Waals surface area contributed by atoms with E-state index in [0.29, 0.717) is 19.4 Å². The van der Waals surface area contributed by atoms with Crippen molar-refractivity contribution < 1.29 is 67.2 Å². The van der Waals surface area contributed by atoms with Crippen LogP contribution in [0.15, 0.2) is 23.0 Å². The zero-order chi connectivity index (χ0) is 41.3. The number of amides is 3. The number of halogens is 4. The van der Waals surface area contributed by atoms with E-state index in [-0.39, 0.29) is 55.2 Å². The number of hydrogen-bond acceptors (Lipinski definition) is 11. The van der Waals surface area contributed by atoms with Gasteiger partial charge < -0.3 is 41.4 Å². The summed E-state index contributed by atoms with van der Waals surface area (Å²) in [7, 11) is 0. The quantitative estimate of drug-likeness (QED) is 0.0470. The van der Waals surface area contributed by atoms with Crippen LogP contribution in [0.5, 0.6) is 0 Å². The molecule has 0 aliphatic carbocycles. The number of aromatic nitrogens is 1. The fraction of sp³-hybridized carbons (Fsp3) is 0.500. The number of alkyl halides is 4. The summed E-state index contributed by atoms with van der Waals surface area (Å²) in [6.07, 6.45) is -5.05. The summed E-state index contributed by atoms with van der Waals surface area (Å²) < 4.78 is 42.9. The number of fused-ring (bicyclic) bond motifs is 1. The summed E-state index contributed by atoms with van der Waals surface area (Å²) in [4.78, 5) is 100. The third kappa shape index (κ3) is 17.3. The first kappa shape index (κ1) is 46.0. The Balaban J connectivity index is 2.17. The third-order valence-electron chi connectivity index (χ3n) is 7.65. The number of pyridine rings is 1. The number of carboxylic acids is 4. The zero-order valence-electron chi connectivity index (χ0n) is 29.2. The van der Waals surface area contributed by atoms with E-state index in [1.165, 1.54) is 4.90 Å². The van der Waals surface area contributed by atoms with Gasteiger partial charge in [-0.2, -0.15) is 13.2 Å². The lowest BCUT2D eigenvalue weighted by molar-refractivity contribution is -0.143. The van der Waals surface area contributed by atoms with Crippen molar-refractivity contribution in [2.75, 3.05) is 82.6 Å². The second kappa shape index (κ2) is 22.3. The minimum absolute atomic E-state index is 0.0705. The minimum atomic E-state index is -5.06. The molecule has 0 aliphatic rings. The average Bonchev–Trinajstić information content (AvgIpc) is 3.05. The second-order valence-electron chi connectivity index (χ2n) is 12.1. The van der Waals surface area contributed by atoms with E-state index in [9.17, 15) is 61.7 Å². The molecule has 3 amide bonds. The van der Waals surface area contributed by atoms with Crippen LogP contribution in [0.4, 0.5) is 18.9 Å². The maximum absolute atomic E-state index is 14.3. The fourth-order valence-electron chi connectivity index (χ4n) is 5.32. The fourth-order valence-corrected chi connectivity index (χ4v) is 5.52. The Bertz CT molecular complexity index is 1760. The van der Waals surface area contributed by atoms with Crippen molar-refractivity contribution in [1.82, 2.24) is 30.3 Å². The van der Waals surface area contributed by atoms with Crippen molar-refractivity contribution in [3.63, 3.8) is 0 Å². The monoisotopic (exact) mass is 851 g/mol. The number of benzene rings is 1. The molecule has 1 heterocycles. The summed E-state index contributed by atoms with van der Waals surface area (Å²) in [6.45, 7) is -3.34. The number of nitrogens with zero attached hydrogens (tertiary/aromatic N) is 3. The van der Waals surface area contributed by atoms with E-state index in [1.54, 1.807) is 0 Å². The summed E-state index contributed by atoms with van der Waals surface area (Å²) in [5.74, 6) is -7.15. The van der Waals surface area contributed by atoms with Gasteiger partial charge in [0.15, 0.2) is 0 Å². The number of aromatic amines is 1. The number of nitrogens with one attached hydrogen (secondary N) is 4. The van der Waals surface area contributed by atoms with Crippen molar-refractivity contribution in [2.24, 2.45) is 0 Å². The van der Waals surface area contributed by atoms with Crippen LogP contribution >= 0.6 is 15.9 Å². The van der Waals surface area contributed by atoms with E-state index in [4.69, 9.17) is 10.2 Å². The lowest BCUT2D eigenvalue weighted by Crippen LogP contribution is -2.46. The first-order valence-electron chi connectivity index (χ1n) is 16.5. The van der Waals surface area contributed by atoms with Gasteiger partial charge in [-0.25, -0.2) is 0 Å². The van der Waals surface area contributed by atoms with Crippen LogP contribution < -0.4 is 21.5 Å². The standard InChI is InChI=1S/C32H41BrF3N7O12/c33-13-24(45)38-6-2-1-5-37-23(44)12-21-30(32(34,35)36)20-4-3-19(11-22(20)40-31(21)55)39-25(46)14-42(16-27(49)50)9-7-41(15-26(47)48)8-10-43(17-28(51)52)18-29(53)54/h3-4,11H,1-2,5-10,12-18H2,(H,37,44)(H,38,45)(H,39,46)(H,40,55)(H,47,48)(H,49,50)(H,51,52)(H,53,54). The van der Waals surface area contributed by atoms with Crippen molar-refractivity contribution in [1.29, 1.82) is 0 Å². The van der Waals surface area contributed by atoms with Gasteiger partial charge >= 0.3 is 30.1 Å². The molecule has 2 aromatic rings. The molecule has 19 nitrogen and oxygen atoms in total. The van der Waals surface area contributed by atoms with Gasteiger partial charge in [-0.15, -0.1) is 0 Å². The molecule has 304 valence electrons. The number of rotatable bonds is 25. The molecule has 0 atom stereocenters. The number of aliphatic carboxylic acids is 4. The van der Waals surface area contributed by atoms with E-state index >= 15 is 0 Å². The van der Waals surface area contributed by atoms with Gasteiger partial charge in [0.05, 0.1) is 55.6 Å². The Morgan fingerprint density at radius 1 is 0.691 bits per heavy atom. The molecule has 2 rings (SSSR count). The Kier molecular flexibility index (Phi) is 18.7. The van der Waals surface area contributed by atoms with E-state index in [0.717, 1.165) is 28.0 Å². The van der Waals surface area contributed by atoms with Gasteiger partial charge in [0.1, 0.15) is 0 Å². The predicted octanol–water partition coefficient (Wildman–Crippen LogP) is -0.320. The molecule has 0 unspecified atom stereocenters. The molecule has 0 radical (unpaired) electrons. The number of carbonyl (C=O) groups is 7. The van der Waals surface area contributed by atoms with Gasteiger partial charge in [-0.05, 0) is 25.0 Å². The highest BCUT2D eigenvalue weighted by atomic mass is 79.9.